The Morgan fingerprint density at radius 1 is 0.966 bits per heavy atom. The first kappa shape index (κ1) is 19.8. The first-order chi connectivity index (χ1) is 14.0. The fourth-order valence-corrected chi connectivity index (χ4v) is 4.12. The van der Waals surface area contributed by atoms with Crippen molar-refractivity contribution in [3.05, 3.63) is 59.7 Å². The van der Waals surface area contributed by atoms with Crippen molar-refractivity contribution in [3.8, 4) is 22.8 Å². The molecule has 1 saturated carbocycles. The minimum absolute atomic E-state index is 0.353. The molecular weight excluding hydrogens is 358 g/mol. The van der Waals surface area contributed by atoms with E-state index in [4.69, 9.17) is 4.52 Å². The van der Waals surface area contributed by atoms with Crippen molar-refractivity contribution >= 4 is 0 Å². The SMILES string of the molecule is CC(C)Cc1ccc(-c2nc(-c3ccc([C@@H](C)N[C@H]4C[C@@H](C)C4)cc3)no2)cc1. The summed E-state index contributed by atoms with van der Waals surface area (Å²) in [5.74, 6) is 2.70. The number of nitrogens with zero attached hydrogens (tertiary/aromatic N) is 2. The Bertz CT molecular complexity index is 921. The summed E-state index contributed by atoms with van der Waals surface area (Å²) < 4.78 is 5.52. The monoisotopic (exact) mass is 389 g/mol. The molecule has 1 heterocycles. The third kappa shape index (κ3) is 4.76. The van der Waals surface area contributed by atoms with Gasteiger partial charge in [-0.05, 0) is 61.3 Å². The molecular formula is C25H31N3O. The quantitative estimate of drug-likeness (QED) is 0.534. The van der Waals surface area contributed by atoms with Crippen LogP contribution >= 0.6 is 0 Å². The maximum Gasteiger partial charge on any atom is 0.258 e. The zero-order valence-electron chi connectivity index (χ0n) is 17.9. The van der Waals surface area contributed by atoms with E-state index in [2.05, 4.69) is 91.7 Å². The van der Waals surface area contributed by atoms with E-state index in [1.54, 1.807) is 0 Å². The van der Waals surface area contributed by atoms with Gasteiger partial charge in [-0.3, -0.25) is 0 Å². The van der Waals surface area contributed by atoms with Crippen LogP contribution in [0.2, 0.25) is 0 Å². The molecule has 1 aliphatic carbocycles. The fourth-order valence-electron chi connectivity index (χ4n) is 4.12. The molecule has 29 heavy (non-hydrogen) atoms. The summed E-state index contributed by atoms with van der Waals surface area (Å²) in [7, 11) is 0. The predicted molar refractivity (Wildman–Crippen MR) is 117 cm³/mol. The zero-order valence-corrected chi connectivity index (χ0v) is 17.9. The van der Waals surface area contributed by atoms with E-state index in [0.717, 1.165) is 23.5 Å². The normalized spacial score (nSPS) is 19.9. The molecule has 1 N–H and O–H groups in total. The number of hydrogen-bond donors (Lipinski definition) is 1. The van der Waals surface area contributed by atoms with Gasteiger partial charge in [-0.25, -0.2) is 0 Å². The van der Waals surface area contributed by atoms with Crippen LogP contribution in [0.3, 0.4) is 0 Å². The highest BCUT2D eigenvalue weighted by molar-refractivity contribution is 5.60. The van der Waals surface area contributed by atoms with Gasteiger partial charge in [0, 0.05) is 23.2 Å². The zero-order chi connectivity index (χ0) is 20.4. The second-order valence-corrected chi connectivity index (χ2v) is 9.00. The van der Waals surface area contributed by atoms with E-state index in [0.29, 0.717) is 29.7 Å². The summed E-state index contributed by atoms with van der Waals surface area (Å²) in [6.45, 7) is 9.01. The summed E-state index contributed by atoms with van der Waals surface area (Å²) in [5, 5.41) is 7.90. The van der Waals surface area contributed by atoms with Gasteiger partial charge >= 0.3 is 0 Å². The molecule has 0 spiro atoms. The van der Waals surface area contributed by atoms with E-state index in [-0.39, 0.29) is 0 Å². The average Bonchev–Trinajstić information content (AvgIpc) is 3.17. The number of benzene rings is 2. The van der Waals surface area contributed by atoms with E-state index in [1.165, 1.54) is 24.0 Å². The Morgan fingerprint density at radius 3 is 2.24 bits per heavy atom. The molecule has 1 aliphatic rings. The van der Waals surface area contributed by atoms with Crippen LogP contribution in [0.5, 0.6) is 0 Å². The lowest BCUT2D eigenvalue weighted by Crippen LogP contribution is -2.41. The van der Waals surface area contributed by atoms with Gasteiger partial charge in [-0.1, -0.05) is 62.3 Å². The summed E-state index contributed by atoms with van der Waals surface area (Å²) in [4.78, 5) is 4.60. The topological polar surface area (TPSA) is 51.0 Å². The Balaban J connectivity index is 1.42. The summed E-state index contributed by atoms with van der Waals surface area (Å²) in [6, 6.07) is 17.9. The van der Waals surface area contributed by atoms with Crippen molar-refractivity contribution in [2.45, 2.75) is 59.0 Å². The van der Waals surface area contributed by atoms with Crippen LogP contribution in [0.1, 0.15) is 57.7 Å². The molecule has 4 nitrogen and oxygen atoms in total. The summed E-state index contributed by atoms with van der Waals surface area (Å²) in [6.07, 6.45) is 3.65. The first-order valence-electron chi connectivity index (χ1n) is 10.8. The molecule has 1 aromatic heterocycles. The van der Waals surface area contributed by atoms with Gasteiger partial charge in [-0.15, -0.1) is 0 Å². The van der Waals surface area contributed by atoms with Crippen molar-refractivity contribution in [3.63, 3.8) is 0 Å². The number of hydrogen-bond acceptors (Lipinski definition) is 4. The van der Waals surface area contributed by atoms with Crippen LogP contribution < -0.4 is 5.32 Å². The molecule has 0 radical (unpaired) electrons. The second-order valence-electron chi connectivity index (χ2n) is 9.00. The highest BCUT2D eigenvalue weighted by Crippen LogP contribution is 2.29. The molecule has 0 aliphatic heterocycles. The van der Waals surface area contributed by atoms with Gasteiger partial charge in [0.25, 0.3) is 5.89 Å². The molecule has 0 saturated heterocycles. The van der Waals surface area contributed by atoms with Crippen LogP contribution in [0.4, 0.5) is 0 Å². The van der Waals surface area contributed by atoms with Crippen LogP contribution in [-0.4, -0.2) is 16.2 Å². The van der Waals surface area contributed by atoms with E-state index < -0.39 is 0 Å². The molecule has 0 bridgehead atoms. The molecule has 0 unspecified atom stereocenters. The number of aromatic nitrogens is 2. The van der Waals surface area contributed by atoms with E-state index >= 15 is 0 Å². The molecule has 0 amide bonds. The lowest BCUT2D eigenvalue weighted by atomic mass is 9.81. The van der Waals surface area contributed by atoms with E-state index in [9.17, 15) is 0 Å². The minimum atomic E-state index is 0.353. The summed E-state index contributed by atoms with van der Waals surface area (Å²) in [5.41, 5.74) is 4.56. The van der Waals surface area contributed by atoms with Crippen molar-refractivity contribution in [1.82, 2.24) is 15.5 Å². The largest absolute Gasteiger partial charge is 0.334 e. The molecule has 4 rings (SSSR count). The van der Waals surface area contributed by atoms with E-state index in [1.807, 2.05) is 0 Å². The Morgan fingerprint density at radius 2 is 1.62 bits per heavy atom. The second kappa shape index (κ2) is 8.50. The highest BCUT2D eigenvalue weighted by atomic mass is 16.5. The van der Waals surface area contributed by atoms with Gasteiger partial charge in [0.1, 0.15) is 0 Å². The summed E-state index contributed by atoms with van der Waals surface area (Å²) >= 11 is 0. The van der Waals surface area contributed by atoms with Gasteiger partial charge in [0.05, 0.1) is 0 Å². The minimum Gasteiger partial charge on any atom is -0.334 e. The predicted octanol–water partition coefficient (Wildman–Crippen LogP) is 6.05. The average molecular weight is 390 g/mol. The lowest BCUT2D eigenvalue weighted by molar-refractivity contribution is 0.226. The van der Waals surface area contributed by atoms with Crippen molar-refractivity contribution in [2.75, 3.05) is 0 Å². The maximum atomic E-state index is 5.52. The molecule has 2 aromatic carbocycles. The maximum absolute atomic E-state index is 5.52. The van der Waals surface area contributed by atoms with Crippen LogP contribution in [0.15, 0.2) is 53.1 Å². The fraction of sp³-hybridized carbons (Fsp3) is 0.440. The van der Waals surface area contributed by atoms with Crippen molar-refractivity contribution < 1.29 is 4.52 Å². The van der Waals surface area contributed by atoms with Crippen molar-refractivity contribution in [2.24, 2.45) is 11.8 Å². The molecule has 1 atom stereocenters. The Labute approximate surface area is 173 Å². The Kier molecular flexibility index (Phi) is 5.81. The van der Waals surface area contributed by atoms with Crippen LogP contribution in [0, 0.1) is 11.8 Å². The molecule has 3 aromatic rings. The van der Waals surface area contributed by atoms with Gasteiger partial charge < -0.3 is 9.84 Å². The molecule has 4 heteroatoms. The Hall–Kier alpha value is -2.46. The third-order valence-electron chi connectivity index (χ3n) is 5.80. The molecule has 152 valence electrons. The first-order valence-corrected chi connectivity index (χ1v) is 10.8. The van der Waals surface area contributed by atoms with Crippen molar-refractivity contribution in [1.29, 1.82) is 0 Å². The van der Waals surface area contributed by atoms with Gasteiger partial charge in [0.2, 0.25) is 5.82 Å². The van der Waals surface area contributed by atoms with Gasteiger partial charge in [0.15, 0.2) is 0 Å². The number of rotatable bonds is 7. The third-order valence-corrected chi connectivity index (χ3v) is 5.80. The smallest absolute Gasteiger partial charge is 0.258 e. The standard InChI is InChI=1S/C25H31N3O/c1-16(2)13-19-5-7-22(8-6-19)25-27-24(28-29-25)21-11-9-20(10-12-21)18(4)26-23-14-17(3)15-23/h5-12,16-18,23,26H,13-15H2,1-4H3/t17-,18-,23+/m1/s1. The number of nitrogens with one attached hydrogen (secondary N) is 1. The highest BCUT2D eigenvalue weighted by Gasteiger charge is 2.26. The lowest BCUT2D eigenvalue weighted by Gasteiger charge is -2.35. The molecule has 1 fully saturated rings. The van der Waals surface area contributed by atoms with Gasteiger partial charge in [-0.2, -0.15) is 4.98 Å². The van der Waals surface area contributed by atoms with Crippen LogP contribution in [0.25, 0.3) is 22.8 Å². The van der Waals surface area contributed by atoms with Crippen LogP contribution in [-0.2, 0) is 6.42 Å².